The van der Waals surface area contributed by atoms with Crippen molar-refractivity contribution >= 4 is 27.6 Å². The first-order valence-electron chi connectivity index (χ1n) is 7.03. The van der Waals surface area contributed by atoms with Gasteiger partial charge in [0.05, 0.1) is 23.3 Å². The van der Waals surface area contributed by atoms with E-state index in [0.717, 1.165) is 10.5 Å². The standard InChI is InChI=1S/C17H18O4S2/c1-13-6-8-16(9-7-13)23(19,20)11-10-22-15-5-3-4-14(12-15)17(18)21-2/h3-9,12H,10-11H2,1-2H3. The Kier molecular flexibility index (Phi) is 5.85. The molecule has 0 spiro atoms. The first-order valence-corrected chi connectivity index (χ1v) is 9.67. The van der Waals surface area contributed by atoms with Crippen molar-refractivity contribution in [3.8, 4) is 0 Å². The van der Waals surface area contributed by atoms with Crippen molar-refractivity contribution in [2.45, 2.75) is 16.7 Å². The molecule has 0 aromatic heterocycles. The molecule has 0 radical (unpaired) electrons. The summed E-state index contributed by atoms with van der Waals surface area (Å²) in [5.41, 5.74) is 1.48. The Morgan fingerprint density at radius 3 is 2.48 bits per heavy atom. The van der Waals surface area contributed by atoms with Gasteiger partial charge < -0.3 is 4.74 Å². The van der Waals surface area contributed by atoms with E-state index in [-0.39, 0.29) is 5.75 Å². The monoisotopic (exact) mass is 350 g/mol. The predicted octanol–water partition coefficient (Wildman–Crippen LogP) is 3.35. The molecule has 23 heavy (non-hydrogen) atoms. The minimum atomic E-state index is -3.29. The molecule has 122 valence electrons. The molecule has 0 unspecified atom stereocenters. The maximum absolute atomic E-state index is 12.3. The Bertz CT molecular complexity index is 780. The van der Waals surface area contributed by atoms with E-state index in [4.69, 9.17) is 0 Å². The highest BCUT2D eigenvalue weighted by molar-refractivity contribution is 8.00. The normalized spacial score (nSPS) is 11.2. The fourth-order valence-corrected chi connectivity index (χ4v) is 4.58. The minimum Gasteiger partial charge on any atom is -0.465 e. The number of thioether (sulfide) groups is 1. The van der Waals surface area contributed by atoms with Gasteiger partial charge in [0.25, 0.3) is 0 Å². The van der Waals surface area contributed by atoms with E-state index in [1.165, 1.54) is 18.9 Å². The third-order valence-electron chi connectivity index (χ3n) is 3.26. The molecule has 4 nitrogen and oxygen atoms in total. The Balaban J connectivity index is 1.99. The molecule has 2 rings (SSSR count). The van der Waals surface area contributed by atoms with Gasteiger partial charge in [0.15, 0.2) is 9.84 Å². The summed E-state index contributed by atoms with van der Waals surface area (Å²) in [6.45, 7) is 1.92. The largest absolute Gasteiger partial charge is 0.465 e. The molecule has 0 aliphatic heterocycles. The van der Waals surface area contributed by atoms with Crippen LogP contribution in [0.25, 0.3) is 0 Å². The molecule has 0 N–H and O–H groups in total. The number of sulfone groups is 1. The number of methoxy groups -OCH3 is 1. The number of hydrogen-bond acceptors (Lipinski definition) is 5. The summed E-state index contributed by atoms with van der Waals surface area (Å²) in [6.07, 6.45) is 0. The number of rotatable bonds is 6. The highest BCUT2D eigenvalue weighted by atomic mass is 32.2. The van der Waals surface area contributed by atoms with Crippen molar-refractivity contribution < 1.29 is 17.9 Å². The molecule has 0 heterocycles. The average Bonchev–Trinajstić information content (AvgIpc) is 2.54. The van der Waals surface area contributed by atoms with E-state index >= 15 is 0 Å². The molecule has 0 bridgehead atoms. The minimum absolute atomic E-state index is 0.0448. The van der Waals surface area contributed by atoms with Gasteiger partial charge in [-0.3, -0.25) is 0 Å². The Morgan fingerprint density at radius 2 is 1.83 bits per heavy atom. The summed E-state index contributed by atoms with van der Waals surface area (Å²) in [5, 5.41) is 0. The van der Waals surface area contributed by atoms with Crippen LogP contribution in [0.3, 0.4) is 0 Å². The highest BCUT2D eigenvalue weighted by Crippen LogP contribution is 2.21. The second-order valence-electron chi connectivity index (χ2n) is 5.00. The summed E-state index contributed by atoms with van der Waals surface area (Å²) in [6, 6.07) is 13.8. The third kappa shape index (κ3) is 4.84. The zero-order chi connectivity index (χ0) is 16.9. The second-order valence-corrected chi connectivity index (χ2v) is 8.28. The maximum Gasteiger partial charge on any atom is 0.337 e. The zero-order valence-electron chi connectivity index (χ0n) is 13.0. The van der Waals surface area contributed by atoms with Crippen molar-refractivity contribution in [2.24, 2.45) is 0 Å². The van der Waals surface area contributed by atoms with Gasteiger partial charge in [-0.2, -0.15) is 0 Å². The van der Waals surface area contributed by atoms with Crippen LogP contribution in [0.2, 0.25) is 0 Å². The topological polar surface area (TPSA) is 60.4 Å². The van der Waals surface area contributed by atoms with Crippen LogP contribution >= 0.6 is 11.8 Å². The van der Waals surface area contributed by atoms with E-state index in [0.29, 0.717) is 16.2 Å². The number of carbonyl (C=O) groups is 1. The Morgan fingerprint density at radius 1 is 1.13 bits per heavy atom. The number of ether oxygens (including phenoxy) is 1. The Labute approximate surface area is 140 Å². The molecule has 0 aliphatic rings. The summed E-state index contributed by atoms with van der Waals surface area (Å²) in [4.78, 5) is 12.7. The molecule has 0 amide bonds. The zero-order valence-corrected chi connectivity index (χ0v) is 14.6. The van der Waals surface area contributed by atoms with Gasteiger partial charge in [-0.1, -0.05) is 23.8 Å². The van der Waals surface area contributed by atoms with Gasteiger partial charge in [-0.25, -0.2) is 13.2 Å². The lowest BCUT2D eigenvalue weighted by Gasteiger charge is -2.06. The first-order chi connectivity index (χ1) is 10.9. The van der Waals surface area contributed by atoms with Crippen LogP contribution in [0.1, 0.15) is 15.9 Å². The number of carbonyl (C=O) groups excluding carboxylic acids is 1. The molecular weight excluding hydrogens is 332 g/mol. The molecule has 0 saturated carbocycles. The lowest BCUT2D eigenvalue weighted by molar-refractivity contribution is 0.0600. The van der Waals surface area contributed by atoms with Gasteiger partial charge in [0.1, 0.15) is 0 Å². The molecule has 0 aliphatic carbocycles. The van der Waals surface area contributed by atoms with Crippen LogP contribution in [0, 0.1) is 6.92 Å². The summed E-state index contributed by atoms with van der Waals surface area (Å²) in [7, 11) is -1.96. The van der Waals surface area contributed by atoms with E-state index in [9.17, 15) is 13.2 Å². The molecule has 0 atom stereocenters. The lowest BCUT2D eigenvalue weighted by Crippen LogP contribution is -2.09. The van der Waals surface area contributed by atoms with Crippen LogP contribution in [0.4, 0.5) is 0 Å². The average molecular weight is 350 g/mol. The first kappa shape index (κ1) is 17.6. The van der Waals surface area contributed by atoms with Crippen molar-refractivity contribution in [1.29, 1.82) is 0 Å². The van der Waals surface area contributed by atoms with Crippen molar-refractivity contribution in [3.63, 3.8) is 0 Å². The van der Waals surface area contributed by atoms with Crippen LogP contribution in [0.5, 0.6) is 0 Å². The van der Waals surface area contributed by atoms with E-state index in [1.54, 1.807) is 42.5 Å². The molecule has 0 fully saturated rings. The van der Waals surface area contributed by atoms with Crippen LogP contribution in [0.15, 0.2) is 58.3 Å². The molecule has 2 aromatic carbocycles. The van der Waals surface area contributed by atoms with Crippen molar-refractivity contribution in [1.82, 2.24) is 0 Å². The smallest absolute Gasteiger partial charge is 0.337 e. The SMILES string of the molecule is COC(=O)c1cccc(SCCS(=O)(=O)c2ccc(C)cc2)c1. The maximum atomic E-state index is 12.3. The second kappa shape index (κ2) is 7.66. The third-order valence-corrected chi connectivity index (χ3v) is 6.24. The van der Waals surface area contributed by atoms with Gasteiger partial charge in [-0.05, 0) is 37.3 Å². The van der Waals surface area contributed by atoms with Gasteiger partial charge in [0, 0.05) is 10.6 Å². The summed E-state index contributed by atoms with van der Waals surface area (Å²) in [5.74, 6) is 0.0593. The van der Waals surface area contributed by atoms with Crippen LogP contribution < -0.4 is 0 Å². The molecule has 2 aromatic rings. The molecule has 0 saturated heterocycles. The highest BCUT2D eigenvalue weighted by Gasteiger charge is 2.14. The van der Waals surface area contributed by atoms with E-state index in [1.807, 2.05) is 13.0 Å². The fraction of sp³-hybridized carbons (Fsp3) is 0.235. The predicted molar refractivity (Wildman–Crippen MR) is 91.7 cm³/mol. The quantitative estimate of drug-likeness (QED) is 0.591. The van der Waals surface area contributed by atoms with Gasteiger partial charge in [-0.15, -0.1) is 11.8 Å². The molecule has 6 heteroatoms. The number of hydrogen-bond donors (Lipinski definition) is 0. The summed E-state index contributed by atoms with van der Waals surface area (Å²) < 4.78 is 29.2. The van der Waals surface area contributed by atoms with E-state index in [2.05, 4.69) is 4.74 Å². The lowest BCUT2D eigenvalue weighted by atomic mass is 10.2. The van der Waals surface area contributed by atoms with Gasteiger partial charge >= 0.3 is 5.97 Å². The number of esters is 1. The van der Waals surface area contributed by atoms with Crippen LogP contribution in [-0.4, -0.2) is 33.0 Å². The Hall–Kier alpha value is -1.79. The van der Waals surface area contributed by atoms with Gasteiger partial charge in [0.2, 0.25) is 0 Å². The summed E-state index contributed by atoms with van der Waals surface area (Å²) >= 11 is 1.40. The number of aryl methyl sites for hydroxylation is 1. The van der Waals surface area contributed by atoms with Crippen LogP contribution in [-0.2, 0) is 14.6 Å². The van der Waals surface area contributed by atoms with Crippen molar-refractivity contribution in [3.05, 3.63) is 59.7 Å². The molecular formula is C17H18O4S2. The van der Waals surface area contributed by atoms with Crippen molar-refractivity contribution in [2.75, 3.05) is 18.6 Å². The van der Waals surface area contributed by atoms with E-state index < -0.39 is 15.8 Å². The number of benzene rings is 2. The fourth-order valence-electron chi connectivity index (χ4n) is 1.96.